The van der Waals surface area contributed by atoms with E-state index in [9.17, 15) is 31.1 Å². The summed E-state index contributed by atoms with van der Waals surface area (Å²) in [4.78, 5) is 36.7. The topological polar surface area (TPSA) is 135 Å². The summed E-state index contributed by atoms with van der Waals surface area (Å²) in [7, 11) is 1.93. The van der Waals surface area contributed by atoms with Crippen molar-refractivity contribution in [3.63, 3.8) is 0 Å². The third-order valence-electron chi connectivity index (χ3n) is 5.49. The van der Waals surface area contributed by atoms with Gasteiger partial charge in [0.25, 0.3) is 0 Å². The number of aromatic nitrogens is 3. The SMILES string of the molecule is Cn1ncc2c1CN(C(=O)C1=CCCC1)CC2COc1cccnc1.O=C(O)C(F)(F)F.O=C(O)C(F)(F)F. The molecule has 16 heteroatoms. The highest BCUT2D eigenvalue weighted by atomic mass is 19.4. The molecule has 0 aromatic carbocycles. The van der Waals surface area contributed by atoms with Crippen LogP contribution >= 0.6 is 0 Å². The van der Waals surface area contributed by atoms with Crippen LogP contribution in [-0.2, 0) is 28.0 Å². The number of nitrogens with zero attached hydrogens (tertiary/aromatic N) is 4. The minimum Gasteiger partial charge on any atom is -0.491 e. The van der Waals surface area contributed by atoms with Crippen LogP contribution in [0, 0.1) is 0 Å². The molecule has 4 rings (SSSR count). The number of halogens is 6. The van der Waals surface area contributed by atoms with Gasteiger partial charge in [-0.15, -0.1) is 0 Å². The second kappa shape index (κ2) is 13.1. The zero-order valence-electron chi connectivity index (χ0n) is 20.4. The number of allylic oxidation sites excluding steroid dienone is 1. The Kier molecular flexibility index (Phi) is 10.5. The molecule has 1 aliphatic heterocycles. The summed E-state index contributed by atoms with van der Waals surface area (Å²) in [6.07, 6.45) is 0.246. The third kappa shape index (κ3) is 9.30. The average Bonchev–Trinajstić information content (AvgIpc) is 3.53. The molecule has 2 aromatic heterocycles. The highest BCUT2D eigenvalue weighted by Crippen LogP contribution is 2.31. The van der Waals surface area contributed by atoms with Crippen LogP contribution in [0.4, 0.5) is 26.3 Å². The summed E-state index contributed by atoms with van der Waals surface area (Å²) in [5, 5.41) is 18.6. The molecule has 1 amide bonds. The zero-order chi connectivity index (χ0) is 29.4. The summed E-state index contributed by atoms with van der Waals surface area (Å²) in [5.74, 6) is -4.49. The van der Waals surface area contributed by atoms with Gasteiger partial charge in [-0.05, 0) is 31.4 Å². The first-order valence-corrected chi connectivity index (χ1v) is 11.2. The summed E-state index contributed by atoms with van der Waals surface area (Å²) in [6, 6.07) is 3.75. The standard InChI is InChI=1S/C19H22N4O2.2C2HF3O2/c1-22-18-12-23(19(24)14-5-2-3-6-14)11-15(17(18)10-21-22)13-25-16-7-4-8-20-9-16;2*3-2(4,5)1(6)7/h4-5,7-10,15H,2-3,6,11-13H2,1H3;2*(H,6,7). The Morgan fingerprint density at radius 1 is 1.08 bits per heavy atom. The van der Waals surface area contributed by atoms with Gasteiger partial charge < -0.3 is 19.8 Å². The molecule has 10 nitrogen and oxygen atoms in total. The molecule has 1 unspecified atom stereocenters. The minimum atomic E-state index is -5.08. The maximum atomic E-state index is 12.8. The van der Waals surface area contributed by atoms with Gasteiger partial charge in [0.1, 0.15) is 5.75 Å². The van der Waals surface area contributed by atoms with Gasteiger partial charge in [-0.1, -0.05) is 6.08 Å². The Morgan fingerprint density at radius 2 is 1.69 bits per heavy atom. The van der Waals surface area contributed by atoms with Crippen molar-refractivity contribution in [1.82, 2.24) is 19.7 Å². The first-order valence-electron chi connectivity index (χ1n) is 11.2. The number of carboxylic acid groups (broad SMARTS) is 2. The Bertz CT molecular complexity index is 1160. The van der Waals surface area contributed by atoms with E-state index in [4.69, 9.17) is 24.5 Å². The smallest absolute Gasteiger partial charge is 0.490 e. The van der Waals surface area contributed by atoms with E-state index in [-0.39, 0.29) is 11.8 Å². The van der Waals surface area contributed by atoms with E-state index < -0.39 is 24.3 Å². The lowest BCUT2D eigenvalue weighted by Crippen LogP contribution is -2.40. The summed E-state index contributed by atoms with van der Waals surface area (Å²) in [6.45, 7) is 1.79. The number of carboxylic acids is 2. The second-order valence-corrected chi connectivity index (χ2v) is 8.28. The number of hydrogen-bond donors (Lipinski definition) is 2. The van der Waals surface area contributed by atoms with Gasteiger partial charge >= 0.3 is 24.3 Å². The Hall–Kier alpha value is -4.11. The van der Waals surface area contributed by atoms with Crippen molar-refractivity contribution in [2.24, 2.45) is 7.05 Å². The zero-order valence-corrected chi connectivity index (χ0v) is 20.4. The number of ether oxygens (including phenoxy) is 1. The largest absolute Gasteiger partial charge is 0.491 e. The van der Waals surface area contributed by atoms with Crippen molar-refractivity contribution in [2.45, 2.75) is 44.1 Å². The fraction of sp³-hybridized carbons (Fsp3) is 0.435. The van der Waals surface area contributed by atoms with Crippen molar-refractivity contribution in [3.8, 4) is 5.75 Å². The molecule has 2 N–H and O–H groups in total. The van der Waals surface area contributed by atoms with Gasteiger partial charge in [-0.3, -0.25) is 14.5 Å². The van der Waals surface area contributed by atoms with E-state index in [1.54, 1.807) is 12.4 Å². The van der Waals surface area contributed by atoms with Crippen LogP contribution in [0.25, 0.3) is 0 Å². The van der Waals surface area contributed by atoms with E-state index in [2.05, 4.69) is 16.2 Å². The normalized spacial score (nSPS) is 16.5. The van der Waals surface area contributed by atoms with E-state index in [1.165, 1.54) is 5.56 Å². The number of aryl methyl sites for hydroxylation is 1. The van der Waals surface area contributed by atoms with E-state index in [0.717, 1.165) is 36.3 Å². The Labute approximate surface area is 217 Å². The van der Waals surface area contributed by atoms with E-state index in [0.29, 0.717) is 19.7 Å². The predicted octanol–water partition coefficient (Wildman–Crippen LogP) is 3.70. The van der Waals surface area contributed by atoms with Crippen LogP contribution < -0.4 is 4.74 Å². The number of aliphatic carboxylic acids is 2. The first kappa shape index (κ1) is 31.1. The van der Waals surface area contributed by atoms with Gasteiger partial charge in [0.2, 0.25) is 5.91 Å². The molecule has 0 spiro atoms. The monoisotopic (exact) mass is 566 g/mol. The predicted molar refractivity (Wildman–Crippen MR) is 120 cm³/mol. The lowest BCUT2D eigenvalue weighted by atomic mass is 9.95. The van der Waals surface area contributed by atoms with Crippen molar-refractivity contribution in [2.75, 3.05) is 13.2 Å². The molecular weight excluding hydrogens is 542 g/mol. The number of rotatable bonds is 4. The number of carbonyl (C=O) groups excluding carboxylic acids is 1. The molecule has 0 bridgehead atoms. The molecule has 39 heavy (non-hydrogen) atoms. The number of pyridine rings is 1. The summed E-state index contributed by atoms with van der Waals surface area (Å²) < 4.78 is 71.3. The van der Waals surface area contributed by atoms with E-state index >= 15 is 0 Å². The van der Waals surface area contributed by atoms with Crippen LogP contribution in [0.15, 0.2) is 42.4 Å². The van der Waals surface area contributed by atoms with Gasteiger partial charge in [-0.25, -0.2) is 9.59 Å². The molecule has 0 radical (unpaired) electrons. The highest BCUT2D eigenvalue weighted by Gasteiger charge is 2.39. The first-order chi connectivity index (χ1) is 18.1. The van der Waals surface area contributed by atoms with Crippen LogP contribution in [0.5, 0.6) is 5.75 Å². The van der Waals surface area contributed by atoms with Crippen LogP contribution in [-0.4, -0.2) is 73.2 Å². The number of carbonyl (C=O) groups is 3. The van der Waals surface area contributed by atoms with Crippen molar-refractivity contribution >= 4 is 17.8 Å². The molecule has 1 atom stereocenters. The lowest BCUT2D eigenvalue weighted by molar-refractivity contribution is -0.193. The molecule has 0 saturated carbocycles. The molecular formula is C23H24F6N4O6. The van der Waals surface area contributed by atoms with E-state index in [1.807, 2.05) is 35.0 Å². The minimum absolute atomic E-state index is 0.114. The molecule has 2 aromatic rings. The van der Waals surface area contributed by atoms with Gasteiger partial charge in [-0.2, -0.15) is 31.4 Å². The summed E-state index contributed by atoms with van der Waals surface area (Å²) >= 11 is 0. The van der Waals surface area contributed by atoms with Crippen molar-refractivity contribution < 1.29 is 55.7 Å². The Morgan fingerprint density at radius 3 is 2.18 bits per heavy atom. The second-order valence-electron chi connectivity index (χ2n) is 8.28. The van der Waals surface area contributed by atoms with Crippen LogP contribution in [0.1, 0.15) is 36.4 Å². The number of alkyl halides is 6. The maximum Gasteiger partial charge on any atom is 0.490 e. The van der Waals surface area contributed by atoms with Crippen molar-refractivity contribution in [1.29, 1.82) is 0 Å². The highest BCUT2D eigenvalue weighted by molar-refractivity contribution is 5.94. The molecule has 0 saturated heterocycles. The van der Waals surface area contributed by atoms with Gasteiger partial charge in [0, 0.05) is 36.8 Å². The number of hydrogen-bond acceptors (Lipinski definition) is 6. The van der Waals surface area contributed by atoms with Crippen LogP contribution in [0.3, 0.4) is 0 Å². The van der Waals surface area contributed by atoms with Gasteiger partial charge in [0.15, 0.2) is 0 Å². The molecule has 3 heterocycles. The maximum absolute atomic E-state index is 12.8. The fourth-order valence-corrected chi connectivity index (χ4v) is 3.62. The lowest BCUT2D eigenvalue weighted by Gasteiger charge is -2.33. The van der Waals surface area contributed by atoms with Gasteiger partial charge in [0.05, 0.1) is 31.2 Å². The summed E-state index contributed by atoms with van der Waals surface area (Å²) in [5.41, 5.74) is 3.23. The average molecular weight is 566 g/mol. The molecule has 1 aliphatic carbocycles. The quantitative estimate of drug-likeness (QED) is 0.535. The number of fused-ring (bicyclic) bond motifs is 1. The molecule has 2 aliphatic rings. The molecule has 214 valence electrons. The number of amides is 1. The fourth-order valence-electron chi connectivity index (χ4n) is 3.62. The van der Waals surface area contributed by atoms with Crippen molar-refractivity contribution in [3.05, 3.63) is 53.6 Å². The Balaban J connectivity index is 0.000000317. The van der Waals surface area contributed by atoms with Crippen LogP contribution in [0.2, 0.25) is 0 Å². The third-order valence-corrected chi connectivity index (χ3v) is 5.49. The molecule has 0 fully saturated rings.